The van der Waals surface area contributed by atoms with Crippen LogP contribution in [-0.2, 0) is 9.73 Å². The highest BCUT2D eigenvalue weighted by Gasteiger charge is 2.09. The number of nitrogens with zero attached hydrogens (tertiary/aromatic N) is 1. The van der Waals surface area contributed by atoms with Crippen molar-refractivity contribution in [3.8, 4) is 0 Å². The molecule has 1 aromatic carbocycles. The predicted molar refractivity (Wildman–Crippen MR) is 54.9 cm³/mol. The molecule has 0 amide bonds. The average molecular weight is 266 g/mol. The Morgan fingerprint density at radius 3 is 2.38 bits per heavy atom. The topological polar surface area (TPSA) is 29.4 Å². The smallest absolute Gasteiger partial charge is 0.177 e. The van der Waals surface area contributed by atoms with Crippen molar-refractivity contribution >= 4 is 25.7 Å². The molecule has 0 heterocycles. The summed E-state index contributed by atoms with van der Waals surface area (Å²) in [6.07, 6.45) is 0. The molecule has 0 radical (unpaired) electrons. The van der Waals surface area contributed by atoms with E-state index in [1.807, 2.05) is 0 Å². The van der Waals surface area contributed by atoms with Crippen LogP contribution in [0.15, 0.2) is 38.0 Å². The standard InChI is InChI=1S/C8H9BrFNOS/c1-11-13(12,6-10)8-4-2-7(9)3-5-8/h2-5H,6H2,1H3. The summed E-state index contributed by atoms with van der Waals surface area (Å²) in [5.41, 5.74) is 0. The Hall–Kier alpha value is -0.420. The molecule has 0 fully saturated rings. The molecule has 0 aliphatic rings. The number of hydrogen-bond acceptors (Lipinski definition) is 2. The third-order valence-corrected chi connectivity index (χ3v) is 4.05. The molecular formula is C8H9BrFNOS. The molecule has 5 heteroatoms. The van der Waals surface area contributed by atoms with Crippen molar-refractivity contribution in [2.45, 2.75) is 4.90 Å². The van der Waals surface area contributed by atoms with E-state index in [0.717, 1.165) is 4.47 Å². The Bertz CT molecular complexity index is 395. The van der Waals surface area contributed by atoms with E-state index in [1.165, 1.54) is 7.05 Å². The fraction of sp³-hybridized carbons (Fsp3) is 0.250. The van der Waals surface area contributed by atoms with Crippen LogP contribution in [0.2, 0.25) is 0 Å². The van der Waals surface area contributed by atoms with Gasteiger partial charge in [0.2, 0.25) is 0 Å². The van der Waals surface area contributed by atoms with Crippen LogP contribution in [0.5, 0.6) is 0 Å². The molecule has 1 atom stereocenters. The number of alkyl halides is 1. The van der Waals surface area contributed by atoms with E-state index in [9.17, 15) is 8.60 Å². The third-order valence-electron chi connectivity index (χ3n) is 1.62. The van der Waals surface area contributed by atoms with Crippen molar-refractivity contribution in [3.63, 3.8) is 0 Å². The minimum absolute atomic E-state index is 0.431. The molecule has 72 valence electrons. The van der Waals surface area contributed by atoms with Crippen molar-refractivity contribution in [2.75, 3.05) is 13.1 Å². The summed E-state index contributed by atoms with van der Waals surface area (Å²) in [5.74, 6) is 0. The Morgan fingerprint density at radius 2 is 2.00 bits per heavy atom. The average Bonchev–Trinajstić information content (AvgIpc) is 2.18. The van der Waals surface area contributed by atoms with Crippen molar-refractivity contribution in [1.29, 1.82) is 0 Å². The first kappa shape index (κ1) is 10.7. The fourth-order valence-corrected chi connectivity index (χ4v) is 2.12. The van der Waals surface area contributed by atoms with E-state index in [1.54, 1.807) is 24.3 Å². The van der Waals surface area contributed by atoms with Gasteiger partial charge in [0.1, 0.15) is 9.73 Å². The van der Waals surface area contributed by atoms with E-state index < -0.39 is 15.7 Å². The van der Waals surface area contributed by atoms with Gasteiger partial charge in [-0.15, -0.1) is 0 Å². The maximum absolute atomic E-state index is 12.4. The molecule has 0 aliphatic carbocycles. The molecule has 0 spiro atoms. The molecule has 0 saturated heterocycles. The van der Waals surface area contributed by atoms with E-state index >= 15 is 0 Å². The van der Waals surface area contributed by atoms with E-state index in [-0.39, 0.29) is 0 Å². The zero-order valence-electron chi connectivity index (χ0n) is 7.04. The van der Waals surface area contributed by atoms with Crippen LogP contribution in [0.1, 0.15) is 0 Å². The lowest BCUT2D eigenvalue weighted by Gasteiger charge is -2.04. The minimum Gasteiger partial charge on any atom is -0.242 e. The van der Waals surface area contributed by atoms with E-state index in [0.29, 0.717) is 4.90 Å². The monoisotopic (exact) mass is 265 g/mol. The Balaban J connectivity index is 3.23. The Labute approximate surface area is 85.5 Å². The molecule has 0 N–H and O–H groups in total. The van der Waals surface area contributed by atoms with Crippen LogP contribution in [0.25, 0.3) is 0 Å². The van der Waals surface area contributed by atoms with E-state index in [2.05, 4.69) is 20.3 Å². The molecule has 1 aromatic rings. The summed E-state index contributed by atoms with van der Waals surface area (Å²) < 4.78 is 28.6. The van der Waals surface area contributed by atoms with Crippen LogP contribution in [0.3, 0.4) is 0 Å². The Kier molecular flexibility index (Phi) is 3.44. The number of benzene rings is 1. The van der Waals surface area contributed by atoms with Gasteiger partial charge in [0, 0.05) is 11.5 Å². The SMILES string of the molecule is CN=S(=O)(CF)c1ccc(Br)cc1. The van der Waals surface area contributed by atoms with Crippen LogP contribution >= 0.6 is 15.9 Å². The van der Waals surface area contributed by atoms with Gasteiger partial charge in [0.05, 0.1) is 4.90 Å². The highest BCUT2D eigenvalue weighted by molar-refractivity contribution is 9.10. The predicted octanol–water partition coefficient (Wildman–Crippen LogP) is 2.83. The molecule has 1 rings (SSSR count). The number of rotatable bonds is 2. The summed E-state index contributed by atoms with van der Waals surface area (Å²) in [5, 5.41) is 0. The molecule has 0 bridgehead atoms. The largest absolute Gasteiger partial charge is 0.242 e. The van der Waals surface area contributed by atoms with Gasteiger partial charge in [-0.25, -0.2) is 13.0 Å². The van der Waals surface area contributed by atoms with Crippen LogP contribution in [0.4, 0.5) is 4.39 Å². The van der Waals surface area contributed by atoms with Crippen molar-refractivity contribution in [3.05, 3.63) is 28.7 Å². The molecule has 0 aromatic heterocycles. The highest BCUT2D eigenvalue weighted by Crippen LogP contribution is 2.17. The van der Waals surface area contributed by atoms with Crippen molar-refractivity contribution in [2.24, 2.45) is 4.36 Å². The number of halogens is 2. The van der Waals surface area contributed by atoms with Crippen LogP contribution in [-0.4, -0.2) is 17.3 Å². The normalized spacial score (nSPS) is 15.0. The summed E-state index contributed by atoms with van der Waals surface area (Å²) in [6, 6.07) is 5.72. The van der Waals surface area contributed by atoms with Crippen molar-refractivity contribution < 1.29 is 8.60 Å². The second kappa shape index (κ2) is 4.19. The maximum Gasteiger partial charge on any atom is 0.177 e. The van der Waals surface area contributed by atoms with Gasteiger partial charge in [-0.2, -0.15) is 0 Å². The van der Waals surface area contributed by atoms with Gasteiger partial charge in [-0.3, -0.25) is 0 Å². The zero-order valence-corrected chi connectivity index (χ0v) is 9.44. The second-order valence-electron chi connectivity index (χ2n) is 2.39. The first-order valence-electron chi connectivity index (χ1n) is 3.57. The highest BCUT2D eigenvalue weighted by atomic mass is 79.9. The molecule has 0 aliphatic heterocycles. The Morgan fingerprint density at radius 1 is 1.46 bits per heavy atom. The first-order valence-corrected chi connectivity index (χ1v) is 6.04. The lowest BCUT2D eigenvalue weighted by molar-refractivity contribution is 0.575. The summed E-state index contributed by atoms with van der Waals surface area (Å²) in [6.45, 7) is 0. The maximum atomic E-state index is 12.4. The second-order valence-corrected chi connectivity index (χ2v) is 5.64. The van der Waals surface area contributed by atoms with Gasteiger partial charge >= 0.3 is 0 Å². The third kappa shape index (κ3) is 2.28. The summed E-state index contributed by atoms with van der Waals surface area (Å²) in [7, 11) is -1.46. The van der Waals surface area contributed by atoms with Gasteiger partial charge in [-0.1, -0.05) is 15.9 Å². The van der Waals surface area contributed by atoms with Gasteiger partial charge in [0.25, 0.3) is 0 Å². The zero-order chi connectivity index (χ0) is 9.90. The lowest BCUT2D eigenvalue weighted by atomic mass is 10.4. The van der Waals surface area contributed by atoms with Crippen molar-refractivity contribution in [1.82, 2.24) is 0 Å². The molecule has 2 nitrogen and oxygen atoms in total. The first-order chi connectivity index (χ1) is 6.12. The summed E-state index contributed by atoms with van der Waals surface area (Å²) >= 11 is 3.24. The van der Waals surface area contributed by atoms with Gasteiger partial charge < -0.3 is 0 Å². The van der Waals surface area contributed by atoms with Crippen LogP contribution < -0.4 is 0 Å². The lowest BCUT2D eigenvalue weighted by Crippen LogP contribution is -2.01. The molecule has 1 unspecified atom stereocenters. The quantitative estimate of drug-likeness (QED) is 0.809. The molecular weight excluding hydrogens is 257 g/mol. The van der Waals surface area contributed by atoms with Crippen LogP contribution in [0, 0.1) is 0 Å². The number of hydrogen-bond donors (Lipinski definition) is 0. The molecule has 0 saturated carbocycles. The molecule has 13 heavy (non-hydrogen) atoms. The van der Waals surface area contributed by atoms with Gasteiger partial charge in [-0.05, 0) is 24.3 Å². The van der Waals surface area contributed by atoms with E-state index in [4.69, 9.17) is 0 Å². The fourth-order valence-electron chi connectivity index (χ4n) is 0.864. The van der Waals surface area contributed by atoms with Gasteiger partial charge in [0.15, 0.2) is 6.01 Å². The minimum atomic E-state index is -2.82. The summed E-state index contributed by atoms with van der Waals surface area (Å²) in [4.78, 5) is 0.431.